The van der Waals surface area contributed by atoms with Crippen LogP contribution in [-0.4, -0.2) is 21.8 Å². The van der Waals surface area contributed by atoms with Crippen LogP contribution >= 0.6 is 0 Å². The zero-order chi connectivity index (χ0) is 13.6. The predicted molar refractivity (Wildman–Crippen MR) is 70.2 cm³/mol. The SMILES string of the molecule is CC(C)(O)C1=CCC2(C)CC=C(C(=O)O)CCC12. The molecular weight excluding hydrogens is 228 g/mol. The second kappa shape index (κ2) is 4.23. The maximum absolute atomic E-state index is 11.1. The van der Waals surface area contributed by atoms with Crippen molar-refractivity contribution in [1.29, 1.82) is 0 Å². The molecule has 0 aromatic carbocycles. The lowest BCUT2D eigenvalue weighted by Crippen LogP contribution is -2.31. The molecule has 18 heavy (non-hydrogen) atoms. The third kappa shape index (κ3) is 2.24. The Morgan fingerprint density at radius 2 is 2.00 bits per heavy atom. The van der Waals surface area contributed by atoms with Gasteiger partial charge in [0.1, 0.15) is 0 Å². The van der Waals surface area contributed by atoms with Gasteiger partial charge in [-0.3, -0.25) is 0 Å². The Balaban J connectivity index is 2.25. The van der Waals surface area contributed by atoms with Gasteiger partial charge in [0.2, 0.25) is 0 Å². The van der Waals surface area contributed by atoms with E-state index >= 15 is 0 Å². The molecule has 0 fully saturated rings. The van der Waals surface area contributed by atoms with Gasteiger partial charge in [-0.2, -0.15) is 0 Å². The maximum Gasteiger partial charge on any atom is 0.331 e. The first-order valence-electron chi connectivity index (χ1n) is 6.59. The van der Waals surface area contributed by atoms with E-state index in [0.29, 0.717) is 17.9 Å². The fraction of sp³-hybridized carbons (Fsp3) is 0.667. The average Bonchev–Trinajstić information content (AvgIpc) is 2.46. The Hall–Kier alpha value is -1.09. The highest BCUT2D eigenvalue weighted by atomic mass is 16.4. The smallest absolute Gasteiger partial charge is 0.331 e. The van der Waals surface area contributed by atoms with Crippen LogP contribution in [0.1, 0.15) is 46.5 Å². The van der Waals surface area contributed by atoms with E-state index in [-0.39, 0.29) is 5.41 Å². The second-order valence-electron chi connectivity index (χ2n) is 6.41. The number of hydrogen-bond acceptors (Lipinski definition) is 2. The summed E-state index contributed by atoms with van der Waals surface area (Å²) >= 11 is 0. The summed E-state index contributed by atoms with van der Waals surface area (Å²) in [6.45, 7) is 5.84. The van der Waals surface area contributed by atoms with E-state index in [1.165, 1.54) is 0 Å². The fourth-order valence-electron chi connectivity index (χ4n) is 3.36. The topological polar surface area (TPSA) is 57.5 Å². The summed E-state index contributed by atoms with van der Waals surface area (Å²) in [6, 6.07) is 0. The molecule has 0 saturated heterocycles. The molecule has 2 N–H and O–H groups in total. The molecule has 0 aromatic rings. The number of allylic oxidation sites excluding steroid dienone is 2. The summed E-state index contributed by atoms with van der Waals surface area (Å²) in [6.07, 6.45) is 7.18. The molecule has 3 nitrogen and oxygen atoms in total. The Morgan fingerprint density at radius 1 is 1.39 bits per heavy atom. The van der Waals surface area contributed by atoms with Crippen molar-refractivity contribution in [3.63, 3.8) is 0 Å². The van der Waals surface area contributed by atoms with E-state index in [1.54, 1.807) is 0 Å². The monoisotopic (exact) mass is 250 g/mol. The minimum Gasteiger partial charge on any atom is -0.478 e. The van der Waals surface area contributed by atoms with Crippen molar-refractivity contribution in [1.82, 2.24) is 0 Å². The largest absolute Gasteiger partial charge is 0.478 e. The molecule has 0 heterocycles. The molecule has 0 spiro atoms. The van der Waals surface area contributed by atoms with E-state index in [0.717, 1.165) is 24.8 Å². The Bertz CT molecular complexity index is 426. The molecular formula is C15H22O3. The van der Waals surface area contributed by atoms with Crippen molar-refractivity contribution in [2.45, 2.75) is 52.1 Å². The molecule has 2 aliphatic rings. The third-order valence-electron chi connectivity index (χ3n) is 4.50. The molecule has 2 unspecified atom stereocenters. The second-order valence-corrected chi connectivity index (χ2v) is 6.41. The van der Waals surface area contributed by atoms with Crippen LogP contribution in [-0.2, 0) is 4.79 Å². The number of fused-ring (bicyclic) bond motifs is 1. The fourth-order valence-corrected chi connectivity index (χ4v) is 3.36. The normalized spacial score (nSPS) is 32.3. The zero-order valence-corrected chi connectivity index (χ0v) is 11.4. The van der Waals surface area contributed by atoms with Crippen LogP contribution in [0.25, 0.3) is 0 Å². The highest BCUT2D eigenvalue weighted by molar-refractivity contribution is 5.86. The number of carboxylic acid groups (broad SMARTS) is 1. The van der Waals surface area contributed by atoms with Crippen LogP contribution < -0.4 is 0 Å². The summed E-state index contributed by atoms with van der Waals surface area (Å²) in [4.78, 5) is 11.1. The number of rotatable bonds is 2. The lowest BCUT2D eigenvalue weighted by Gasteiger charge is -2.35. The summed E-state index contributed by atoms with van der Waals surface area (Å²) in [5, 5.41) is 19.3. The van der Waals surface area contributed by atoms with E-state index in [4.69, 9.17) is 5.11 Å². The van der Waals surface area contributed by atoms with E-state index in [2.05, 4.69) is 13.0 Å². The molecule has 2 atom stereocenters. The minimum atomic E-state index is -0.799. The minimum absolute atomic E-state index is 0.0759. The van der Waals surface area contributed by atoms with E-state index < -0.39 is 11.6 Å². The number of carbonyl (C=O) groups is 1. The molecule has 0 radical (unpaired) electrons. The Labute approximate surface area is 108 Å². The maximum atomic E-state index is 11.1. The van der Waals surface area contributed by atoms with Crippen molar-refractivity contribution in [2.75, 3.05) is 0 Å². The first-order chi connectivity index (χ1) is 8.24. The molecule has 0 bridgehead atoms. The van der Waals surface area contributed by atoms with Gasteiger partial charge in [0.25, 0.3) is 0 Å². The predicted octanol–water partition coefficient (Wildman–Crippen LogP) is 2.90. The molecule has 0 saturated carbocycles. The Kier molecular flexibility index (Phi) is 3.14. The van der Waals surface area contributed by atoms with Crippen molar-refractivity contribution < 1.29 is 15.0 Å². The summed E-state index contributed by atoms with van der Waals surface area (Å²) in [5.41, 5.74) is 0.897. The van der Waals surface area contributed by atoms with Crippen molar-refractivity contribution >= 4 is 5.97 Å². The number of aliphatic carboxylic acids is 1. The Morgan fingerprint density at radius 3 is 2.56 bits per heavy atom. The highest BCUT2D eigenvalue weighted by Gasteiger charge is 2.44. The van der Waals surface area contributed by atoms with Gasteiger partial charge in [-0.25, -0.2) is 4.79 Å². The van der Waals surface area contributed by atoms with Crippen LogP contribution in [0.15, 0.2) is 23.3 Å². The van der Waals surface area contributed by atoms with E-state index in [9.17, 15) is 9.90 Å². The lowest BCUT2D eigenvalue weighted by atomic mass is 9.71. The van der Waals surface area contributed by atoms with E-state index in [1.807, 2.05) is 19.9 Å². The van der Waals surface area contributed by atoms with Gasteiger partial charge in [-0.1, -0.05) is 19.1 Å². The number of carboxylic acids is 1. The van der Waals surface area contributed by atoms with Crippen LogP contribution in [0.5, 0.6) is 0 Å². The third-order valence-corrected chi connectivity index (χ3v) is 4.50. The highest BCUT2D eigenvalue weighted by Crippen LogP contribution is 2.52. The van der Waals surface area contributed by atoms with Gasteiger partial charge in [-0.05, 0) is 56.4 Å². The number of aliphatic hydroxyl groups is 1. The average molecular weight is 250 g/mol. The number of hydrogen-bond donors (Lipinski definition) is 2. The molecule has 2 aliphatic carbocycles. The quantitative estimate of drug-likeness (QED) is 0.741. The van der Waals surface area contributed by atoms with Crippen molar-refractivity contribution in [3.05, 3.63) is 23.3 Å². The molecule has 0 amide bonds. The zero-order valence-electron chi connectivity index (χ0n) is 11.4. The summed E-state index contributed by atoms with van der Waals surface area (Å²) < 4.78 is 0. The molecule has 2 rings (SSSR count). The van der Waals surface area contributed by atoms with Crippen LogP contribution in [0.2, 0.25) is 0 Å². The summed E-state index contributed by atoms with van der Waals surface area (Å²) in [5.74, 6) is -0.502. The molecule has 100 valence electrons. The van der Waals surface area contributed by atoms with Gasteiger partial charge in [0, 0.05) is 5.57 Å². The first-order valence-corrected chi connectivity index (χ1v) is 6.59. The van der Waals surface area contributed by atoms with Gasteiger partial charge in [-0.15, -0.1) is 0 Å². The lowest BCUT2D eigenvalue weighted by molar-refractivity contribution is -0.132. The summed E-state index contributed by atoms with van der Waals surface area (Å²) in [7, 11) is 0. The molecule has 0 aliphatic heterocycles. The van der Waals surface area contributed by atoms with Gasteiger partial charge in [0.15, 0.2) is 0 Å². The van der Waals surface area contributed by atoms with Gasteiger partial charge in [0.05, 0.1) is 5.60 Å². The van der Waals surface area contributed by atoms with Crippen LogP contribution in [0.3, 0.4) is 0 Å². The van der Waals surface area contributed by atoms with Gasteiger partial charge < -0.3 is 10.2 Å². The van der Waals surface area contributed by atoms with Crippen molar-refractivity contribution in [3.8, 4) is 0 Å². The molecule has 3 heteroatoms. The van der Waals surface area contributed by atoms with Gasteiger partial charge >= 0.3 is 5.97 Å². The standard InChI is InChI=1S/C15H22O3/c1-14(2,18)11-7-9-15(3)8-6-10(13(16)17)4-5-12(11)15/h6-7,12,18H,4-5,8-9H2,1-3H3,(H,16,17). The van der Waals surface area contributed by atoms with Crippen LogP contribution in [0.4, 0.5) is 0 Å². The van der Waals surface area contributed by atoms with Crippen LogP contribution in [0, 0.1) is 11.3 Å². The first kappa shape index (κ1) is 13.3. The molecule has 0 aromatic heterocycles. The van der Waals surface area contributed by atoms with Crippen molar-refractivity contribution in [2.24, 2.45) is 11.3 Å².